The zero-order valence-electron chi connectivity index (χ0n) is 15.0. The predicted molar refractivity (Wildman–Crippen MR) is 109 cm³/mol. The molecule has 0 aliphatic heterocycles. The molecule has 0 saturated carbocycles. The van der Waals surface area contributed by atoms with Crippen LogP contribution in [0.25, 0.3) is 0 Å². The van der Waals surface area contributed by atoms with Crippen molar-refractivity contribution in [3.63, 3.8) is 0 Å². The van der Waals surface area contributed by atoms with Crippen molar-refractivity contribution in [3.8, 4) is 0 Å². The number of amides is 1. The molecule has 0 spiro atoms. The molecule has 1 aromatic heterocycles. The lowest BCUT2D eigenvalue weighted by Gasteiger charge is -2.21. The minimum Gasteiger partial charge on any atom is -0.375 e. The van der Waals surface area contributed by atoms with Crippen LogP contribution in [0, 0.1) is 0 Å². The van der Waals surface area contributed by atoms with Crippen molar-refractivity contribution in [3.05, 3.63) is 16.1 Å². The highest BCUT2D eigenvalue weighted by Gasteiger charge is 2.13. The average molecular weight is 469 g/mol. The van der Waals surface area contributed by atoms with Crippen LogP contribution < -0.4 is 10.6 Å². The highest BCUT2D eigenvalue weighted by Crippen LogP contribution is 2.20. The summed E-state index contributed by atoms with van der Waals surface area (Å²) in [5.41, 5.74) is 0.954. The highest BCUT2D eigenvalue weighted by atomic mass is 127. The maximum atomic E-state index is 11.6. The summed E-state index contributed by atoms with van der Waals surface area (Å²) in [5.74, 6) is 0.622. The van der Waals surface area contributed by atoms with Gasteiger partial charge < -0.3 is 20.3 Å². The summed E-state index contributed by atoms with van der Waals surface area (Å²) >= 11 is 1.58. The minimum atomic E-state index is -0.0359. The molecule has 1 heterocycles. The van der Waals surface area contributed by atoms with Gasteiger partial charge >= 0.3 is 0 Å². The Morgan fingerprint density at radius 1 is 1.50 bits per heavy atom. The van der Waals surface area contributed by atoms with Crippen LogP contribution >= 0.6 is 35.3 Å². The molecule has 0 bridgehead atoms. The SMILES string of the molecule is CCCNC(=O)CNC(=NC)N(C)Cc1csc(C(C)OC)n1.I. The number of nitrogens with zero attached hydrogens (tertiary/aromatic N) is 3. The summed E-state index contributed by atoms with van der Waals surface area (Å²) in [6.07, 6.45) is 0.922. The van der Waals surface area contributed by atoms with Gasteiger partial charge in [-0.1, -0.05) is 6.92 Å². The second kappa shape index (κ2) is 12.4. The van der Waals surface area contributed by atoms with Crippen molar-refractivity contribution in [2.24, 2.45) is 4.99 Å². The Kier molecular flexibility index (Phi) is 11.9. The number of aromatic nitrogens is 1. The van der Waals surface area contributed by atoms with Gasteiger partial charge in [-0.05, 0) is 13.3 Å². The van der Waals surface area contributed by atoms with Gasteiger partial charge in [-0.15, -0.1) is 35.3 Å². The number of hydrogen-bond acceptors (Lipinski definition) is 5. The quantitative estimate of drug-likeness (QED) is 0.346. The van der Waals surface area contributed by atoms with E-state index in [0.29, 0.717) is 19.0 Å². The molecule has 0 aliphatic carbocycles. The van der Waals surface area contributed by atoms with Gasteiger partial charge in [0.15, 0.2) is 5.96 Å². The van der Waals surface area contributed by atoms with E-state index >= 15 is 0 Å². The van der Waals surface area contributed by atoms with Crippen molar-refractivity contribution in [2.45, 2.75) is 32.9 Å². The third-order valence-corrected chi connectivity index (χ3v) is 4.28. The Bertz CT molecular complexity index is 524. The van der Waals surface area contributed by atoms with Gasteiger partial charge in [0, 0.05) is 33.1 Å². The predicted octanol–water partition coefficient (Wildman–Crippen LogP) is 2.00. The zero-order valence-corrected chi connectivity index (χ0v) is 18.1. The molecule has 1 amide bonds. The number of guanidine groups is 1. The van der Waals surface area contributed by atoms with E-state index < -0.39 is 0 Å². The molecule has 0 fully saturated rings. The molecule has 0 radical (unpaired) electrons. The van der Waals surface area contributed by atoms with Crippen molar-refractivity contribution < 1.29 is 9.53 Å². The van der Waals surface area contributed by atoms with E-state index in [1.165, 1.54) is 0 Å². The van der Waals surface area contributed by atoms with Crippen LogP contribution in [0.4, 0.5) is 0 Å². The highest BCUT2D eigenvalue weighted by molar-refractivity contribution is 14.0. The Hall–Kier alpha value is -0.940. The third kappa shape index (κ3) is 7.75. The van der Waals surface area contributed by atoms with E-state index in [-0.39, 0.29) is 42.5 Å². The lowest BCUT2D eigenvalue weighted by molar-refractivity contribution is -0.120. The van der Waals surface area contributed by atoms with Crippen LogP contribution in [0.15, 0.2) is 10.4 Å². The van der Waals surface area contributed by atoms with E-state index in [1.807, 2.05) is 31.2 Å². The van der Waals surface area contributed by atoms with Crippen LogP contribution in [0.5, 0.6) is 0 Å². The molecule has 1 aromatic rings. The van der Waals surface area contributed by atoms with Crippen molar-refractivity contribution in [2.75, 3.05) is 34.3 Å². The van der Waals surface area contributed by atoms with Gasteiger partial charge in [-0.25, -0.2) is 4.98 Å². The zero-order chi connectivity index (χ0) is 17.2. The molecule has 24 heavy (non-hydrogen) atoms. The van der Waals surface area contributed by atoms with Crippen molar-refractivity contribution in [1.82, 2.24) is 20.5 Å². The van der Waals surface area contributed by atoms with E-state index in [1.54, 1.807) is 25.5 Å². The van der Waals surface area contributed by atoms with Crippen LogP contribution in [0.1, 0.15) is 37.1 Å². The molecule has 2 N–H and O–H groups in total. The Morgan fingerprint density at radius 3 is 2.79 bits per heavy atom. The number of carbonyl (C=O) groups is 1. The minimum absolute atomic E-state index is 0. The van der Waals surface area contributed by atoms with E-state index in [0.717, 1.165) is 17.1 Å². The van der Waals surface area contributed by atoms with Crippen molar-refractivity contribution >= 4 is 47.2 Å². The third-order valence-electron chi connectivity index (χ3n) is 3.22. The van der Waals surface area contributed by atoms with Gasteiger partial charge in [0.05, 0.1) is 18.8 Å². The molecule has 0 aliphatic rings. The first-order valence-corrected chi connectivity index (χ1v) is 8.55. The maximum Gasteiger partial charge on any atom is 0.239 e. The summed E-state index contributed by atoms with van der Waals surface area (Å²) in [6, 6.07) is 0. The number of hydrogen-bond donors (Lipinski definition) is 2. The fraction of sp³-hybridized carbons (Fsp3) is 0.667. The van der Waals surface area contributed by atoms with Crippen LogP contribution in [0.3, 0.4) is 0 Å². The van der Waals surface area contributed by atoms with E-state index in [2.05, 4.69) is 20.6 Å². The smallest absolute Gasteiger partial charge is 0.239 e. The molecule has 7 nitrogen and oxygen atoms in total. The number of ether oxygens (including phenoxy) is 1. The van der Waals surface area contributed by atoms with Gasteiger partial charge in [-0.3, -0.25) is 9.79 Å². The lowest BCUT2D eigenvalue weighted by atomic mass is 10.4. The van der Waals surface area contributed by atoms with Gasteiger partial charge in [0.25, 0.3) is 0 Å². The fourth-order valence-electron chi connectivity index (χ4n) is 1.87. The first-order chi connectivity index (χ1) is 11.0. The Labute approximate surface area is 165 Å². The number of carbonyl (C=O) groups excluding carboxylic acids is 1. The van der Waals surface area contributed by atoms with Crippen LogP contribution in [-0.2, 0) is 16.1 Å². The molecule has 138 valence electrons. The number of methoxy groups -OCH3 is 1. The van der Waals surface area contributed by atoms with Gasteiger partial charge in [-0.2, -0.15) is 0 Å². The average Bonchev–Trinajstić information content (AvgIpc) is 3.01. The summed E-state index contributed by atoms with van der Waals surface area (Å²) in [6.45, 7) is 5.51. The Morgan fingerprint density at radius 2 is 2.21 bits per heavy atom. The second-order valence-corrected chi connectivity index (χ2v) is 6.05. The number of aliphatic imine (C=N–C) groups is 1. The number of nitrogens with one attached hydrogen (secondary N) is 2. The summed E-state index contributed by atoms with van der Waals surface area (Å²) < 4.78 is 5.27. The van der Waals surface area contributed by atoms with Gasteiger partial charge in [0.2, 0.25) is 5.91 Å². The maximum absolute atomic E-state index is 11.6. The monoisotopic (exact) mass is 469 g/mol. The summed E-state index contributed by atoms with van der Waals surface area (Å²) in [7, 11) is 5.29. The van der Waals surface area contributed by atoms with Crippen molar-refractivity contribution in [1.29, 1.82) is 0 Å². The summed E-state index contributed by atoms with van der Waals surface area (Å²) in [5, 5.41) is 8.85. The first-order valence-electron chi connectivity index (χ1n) is 7.67. The molecule has 9 heteroatoms. The largest absolute Gasteiger partial charge is 0.375 e. The number of rotatable bonds is 8. The second-order valence-electron chi connectivity index (χ2n) is 5.16. The standard InChI is InChI=1S/C15H27N5O2S.HI/c1-6-7-17-13(21)8-18-15(16-3)20(4)9-12-10-23-14(19-12)11(2)22-5;/h10-11H,6-9H2,1-5H3,(H,16,18)(H,17,21);1H. The number of thiazole rings is 1. The number of halogens is 1. The molecular formula is C15H28IN5O2S. The molecule has 1 atom stereocenters. The molecule has 0 aromatic carbocycles. The van der Waals surface area contributed by atoms with Crippen LogP contribution in [0.2, 0.25) is 0 Å². The molecule has 1 rings (SSSR count). The van der Waals surface area contributed by atoms with Crippen LogP contribution in [-0.4, -0.2) is 56.0 Å². The van der Waals surface area contributed by atoms with Gasteiger partial charge in [0.1, 0.15) is 11.1 Å². The normalized spacial score (nSPS) is 12.3. The molecular weight excluding hydrogens is 441 g/mol. The van der Waals surface area contributed by atoms with E-state index in [4.69, 9.17) is 4.74 Å². The molecule has 0 saturated heterocycles. The van der Waals surface area contributed by atoms with E-state index in [9.17, 15) is 4.79 Å². The topological polar surface area (TPSA) is 78.9 Å². The molecule has 1 unspecified atom stereocenters. The fourth-order valence-corrected chi connectivity index (χ4v) is 2.71. The first kappa shape index (κ1) is 23.1. The summed E-state index contributed by atoms with van der Waals surface area (Å²) in [4.78, 5) is 22.3. The Balaban J connectivity index is 0.00000529. The lowest BCUT2D eigenvalue weighted by Crippen LogP contribution is -2.43.